The van der Waals surface area contributed by atoms with Gasteiger partial charge in [0, 0.05) is 0 Å². The third kappa shape index (κ3) is 7.02. The predicted octanol–water partition coefficient (Wildman–Crippen LogP) is 4.32. The lowest BCUT2D eigenvalue weighted by Gasteiger charge is -2.13. The number of benzene rings is 3. The Kier molecular flexibility index (Phi) is 9.08. The summed E-state index contributed by atoms with van der Waals surface area (Å²) < 4.78 is 46.3. The van der Waals surface area contributed by atoms with Gasteiger partial charge in [-0.05, 0) is 67.1 Å². The zero-order valence-corrected chi connectivity index (χ0v) is 21.9. The Morgan fingerprint density at radius 1 is 1.03 bits per heavy atom. The second-order valence-electron chi connectivity index (χ2n) is 7.62. The van der Waals surface area contributed by atoms with E-state index in [9.17, 15) is 28.6 Å². The first kappa shape index (κ1) is 28.5. The summed E-state index contributed by atoms with van der Waals surface area (Å²) in [5.74, 6) is -0.269. The summed E-state index contributed by atoms with van der Waals surface area (Å²) in [7, 11) is -1.42. The van der Waals surface area contributed by atoms with E-state index in [0.717, 1.165) is 6.07 Å². The highest BCUT2D eigenvalue weighted by molar-refractivity contribution is 7.87. The molecular formula is C26H23N3O9S. The van der Waals surface area contributed by atoms with E-state index in [2.05, 4.69) is 5.32 Å². The minimum atomic E-state index is -4.22. The lowest BCUT2D eigenvalue weighted by molar-refractivity contribution is -0.384. The van der Waals surface area contributed by atoms with Gasteiger partial charge in [0.05, 0.1) is 31.8 Å². The van der Waals surface area contributed by atoms with Crippen molar-refractivity contribution in [1.82, 2.24) is 0 Å². The van der Waals surface area contributed by atoms with E-state index in [1.165, 1.54) is 74.9 Å². The van der Waals surface area contributed by atoms with Crippen LogP contribution in [0.1, 0.15) is 12.5 Å². The molecule has 3 aromatic rings. The van der Waals surface area contributed by atoms with Crippen LogP contribution in [0.2, 0.25) is 0 Å². The zero-order valence-electron chi connectivity index (χ0n) is 21.0. The molecule has 0 atom stereocenters. The minimum absolute atomic E-state index is 0.0480. The smallest absolute Gasteiger partial charge is 0.339 e. The van der Waals surface area contributed by atoms with Crippen molar-refractivity contribution in [2.24, 2.45) is 0 Å². The summed E-state index contributed by atoms with van der Waals surface area (Å²) in [5.41, 5.74) is -0.613. The van der Waals surface area contributed by atoms with Gasteiger partial charge in [-0.15, -0.1) is 0 Å². The Morgan fingerprint density at radius 3 is 2.28 bits per heavy atom. The first-order chi connectivity index (χ1) is 18.6. The molecule has 0 aliphatic heterocycles. The molecule has 0 fully saturated rings. The van der Waals surface area contributed by atoms with Gasteiger partial charge in [0.15, 0.2) is 11.5 Å². The van der Waals surface area contributed by atoms with Crippen molar-refractivity contribution in [3.05, 3.63) is 81.9 Å². The van der Waals surface area contributed by atoms with Gasteiger partial charge in [-0.2, -0.15) is 13.7 Å². The predicted molar refractivity (Wildman–Crippen MR) is 140 cm³/mol. The summed E-state index contributed by atoms with van der Waals surface area (Å²) in [6.45, 7) is 1.85. The van der Waals surface area contributed by atoms with Crippen LogP contribution in [-0.4, -0.2) is 40.1 Å². The minimum Gasteiger partial charge on any atom is -0.497 e. The number of ether oxygens (including phenoxy) is 3. The van der Waals surface area contributed by atoms with Crippen LogP contribution in [-0.2, 0) is 14.9 Å². The molecule has 3 aromatic carbocycles. The SMILES string of the molecule is CCOc1cc(/C=C(\C#N)C(=O)Nc2ccc(OC)cc2[N+](=O)[O-])ccc1OS(=O)(=O)c1ccc(OC)cc1. The highest BCUT2D eigenvalue weighted by atomic mass is 32.2. The van der Waals surface area contributed by atoms with Gasteiger partial charge in [0.25, 0.3) is 11.6 Å². The molecule has 1 N–H and O–H groups in total. The van der Waals surface area contributed by atoms with Crippen LogP contribution in [0.3, 0.4) is 0 Å². The van der Waals surface area contributed by atoms with Gasteiger partial charge >= 0.3 is 10.1 Å². The number of carbonyl (C=O) groups is 1. The fourth-order valence-corrected chi connectivity index (χ4v) is 4.20. The lowest BCUT2D eigenvalue weighted by Crippen LogP contribution is -2.14. The van der Waals surface area contributed by atoms with Crippen LogP contribution in [0.4, 0.5) is 11.4 Å². The van der Waals surface area contributed by atoms with Crippen LogP contribution in [0, 0.1) is 21.4 Å². The summed E-state index contributed by atoms with van der Waals surface area (Å²) in [4.78, 5) is 23.3. The van der Waals surface area contributed by atoms with E-state index in [4.69, 9.17) is 18.4 Å². The van der Waals surface area contributed by atoms with Crippen LogP contribution < -0.4 is 23.7 Å². The number of rotatable bonds is 11. The van der Waals surface area contributed by atoms with Crippen molar-refractivity contribution in [1.29, 1.82) is 5.26 Å². The number of nitro groups is 1. The monoisotopic (exact) mass is 553 g/mol. The molecule has 13 heteroatoms. The van der Waals surface area contributed by atoms with Gasteiger partial charge in [0.2, 0.25) is 0 Å². The molecular weight excluding hydrogens is 530 g/mol. The Hall–Kier alpha value is -5.09. The Balaban J connectivity index is 1.89. The number of hydrogen-bond donors (Lipinski definition) is 1. The quantitative estimate of drug-likeness (QED) is 0.119. The van der Waals surface area contributed by atoms with Crippen LogP contribution in [0.25, 0.3) is 6.08 Å². The molecule has 202 valence electrons. The maximum absolute atomic E-state index is 12.8. The first-order valence-corrected chi connectivity index (χ1v) is 12.6. The molecule has 39 heavy (non-hydrogen) atoms. The molecule has 0 aliphatic carbocycles. The van der Waals surface area contributed by atoms with Crippen molar-refractivity contribution < 1.29 is 36.5 Å². The van der Waals surface area contributed by atoms with Crippen LogP contribution in [0.15, 0.2) is 71.1 Å². The van der Waals surface area contributed by atoms with Crippen molar-refractivity contribution in [3.63, 3.8) is 0 Å². The number of anilines is 1. The van der Waals surface area contributed by atoms with Gasteiger partial charge in [0.1, 0.15) is 33.7 Å². The molecule has 0 spiro atoms. The molecule has 0 saturated carbocycles. The van der Waals surface area contributed by atoms with E-state index >= 15 is 0 Å². The van der Waals surface area contributed by atoms with Gasteiger partial charge in [-0.1, -0.05) is 6.07 Å². The van der Waals surface area contributed by atoms with E-state index in [-0.39, 0.29) is 40.0 Å². The normalized spacial score (nSPS) is 11.2. The third-order valence-electron chi connectivity index (χ3n) is 5.14. The molecule has 0 aromatic heterocycles. The van der Waals surface area contributed by atoms with Crippen molar-refractivity contribution in [2.75, 3.05) is 26.1 Å². The van der Waals surface area contributed by atoms with Gasteiger partial charge < -0.3 is 23.7 Å². The molecule has 12 nitrogen and oxygen atoms in total. The van der Waals surface area contributed by atoms with Crippen LogP contribution in [0.5, 0.6) is 23.0 Å². The number of nitrogens with zero attached hydrogens (tertiary/aromatic N) is 2. The van der Waals surface area contributed by atoms with E-state index in [0.29, 0.717) is 11.3 Å². The summed E-state index contributed by atoms with van der Waals surface area (Å²) in [6.07, 6.45) is 1.22. The van der Waals surface area contributed by atoms with E-state index in [1.54, 1.807) is 13.0 Å². The summed E-state index contributed by atoms with van der Waals surface area (Å²) in [6, 6.07) is 15.3. The highest BCUT2D eigenvalue weighted by Gasteiger charge is 2.21. The number of methoxy groups -OCH3 is 2. The second kappa shape index (κ2) is 12.4. The van der Waals surface area contributed by atoms with Crippen molar-refractivity contribution in [3.8, 4) is 29.1 Å². The van der Waals surface area contributed by atoms with Gasteiger partial charge in [-0.3, -0.25) is 14.9 Å². The largest absolute Gasteiger partial charge is 0.497 e. The Bertz CT molecular complexity index is 1560. The lowest BCUT2D eigenvalue weighted by atomic mass is 10.1. The van der Waals surface area contributed by atoms with Crippen molar-refractivity contribution >= 4 is 33.5 Å². The fraction of sp³-hybridized carbons (Fsp3) is 0.154. The molecule has 1 amide bonds. The number of hydrogen-bond acceptors (Lipinski definition) is 10. The van der Waals surface area contributed by atoms with Crippen molar-refractivity contribution in [2.45, 2.75) is 11.8 Å². The maximum atomic E-state index is 12.8. The molecule has 0 radical (unpaired) electrons. The number of carbonyl (C=O) groups excluding carboxylic acids is 1. The topological polar surface area (TPSA) is 167 Å². The third-order valence-corrected chi connectivity index (χ3v) is 6.39. The Labute approximate surface area is 224 Å². The number of nitro benzene ring substituents is 1. The average molecular weight is 554 g/mol. The van der Waals surface area contributed by atoms with Gasteiger partial charge in [-0.25, -0.2) is 0 Å². The molecule has 0 saturated heterocycles. The molecule has 3 rings (SSSR count). The highest BCUT2D eigenvalue weighted by Crippen LogP contribution is 2.33. The average Bonchev–Trinajstić information content (AvgIpc) is 2.93. The van der Waals surface area contributed by atoms with E-state index in [1.807, 2.05) is 0 Å². The first-order valence-electron chi connectivity index (χ1n) is 11.2. The molecule has 0 bridgehead atoms. The van der Waals surface area contributed by atoms with E-state index < -0.39 is 26.6 Å². The number of amides is 1. The van der Waals surface area contributed by atoms with Crippen LogP contribution >= 0.6 is 0 Å². The summed E-state index contributed by atoms with van der Waals surface area (Å²) >= 11 is 0. The standard InChI is InChI=1S/C26H23N3O9S/c1-4-37-25-14-17(5-12-24(25)38-39(33,34)21-9-6-19(35-2)7-10-21)13-18(16-27)26(30)28-22-11-8-20(36-3)15-23(22)29(31)32/h5-15H,4H2,1-3H3,(H,28,30)/b18-13+. The number of nitriles is 1. The molecule has 0 aliphatic rings. The summed E-state index contributed by atoms with van der Waals surface area (Å²) in [5, 5.41) is 23.3. The number of nitrogens with one attached hydrogen (secondary N) is 1. The maximum Gasteiger partial charge on any atom is 0.339 e. The second-order valence-corrected chi connectivity index (χ2v) is 9.16. The molecule has 0 heterocycles. The molecule has 0 unspecified atom stereocenters. The fourth-order valence-electron chi connectivity index (χ4n) is 3.26. The Morgan fingerprint density at radius 2 is 1.69 bits per heavy atom. The zero-order chi connectivity index (χ0) is 28.6.